The van der Waals surface area contributed by atoms with Crippen molar-refractivity contribution >= 4 is 11.8 Å². The first kappa shape index (κ1) is 17.9. The summed E-state index contributed by atoms with van der Waals surface area (Å²) in [6.45, 7) is 8.89. The Balaban J connectivity index is 1.28. The van der Waals surface area contributed by atoms with Gasteiger partial charge in [0.15, 0.2) is 11.5 Å². The van der Waals surface area contributed by atoms with Gasteiger partial charge >= 0.3 is 0 Å². The zero-order valence-corrected chi connectivity index (χ0v) is 15.4. The number of likely N-dealkylation sites (tertiary alicyclic amines) is 1. The van der Waals surface area contributed by atoms with E-state index in [-0.39, 0.29) is 24.5 Å². The molecule has 1 aromatic carbocycles. The van der Waals surface area contributed by atoms with E-state index in [1.54, 1.807) is 11.0 Å². The highest BCUT2D eigenvalue weighted by Crippen LogP contribution is 2.33. The van der Waals surface area contributed by atoms with E-state index >= 15 is 0 Å². The van der Waals surface area contributed by atoms with Crippen molar-refractivity contribution in [2.75, 3.05) is 46.1 Å². The van der Waals surface area contributed by atoms with Gasteiger partial charge in [-0.05, 0) is 17.7 Å². The van der Waals surface area contributed by atoms with Crippen LogP contribution < -0.4 is 9.47 Å². The van der Waals surface area contributed by atoms with Crippen molar-refractivity contribution in [3.8, 4) is 11.5 Å². The Morgan fingerprint density at radius 3 is 2.74 bits per heavy atom. The minimum absolute atomic E-state index is 0.0506. The molecule has 0 N–H and O–H groups in total. The first-order valence-electron chi connectivity index (χ1n) is 9.42. The lowest BCUT2D eigenvalue weighted by Gasteiger charge is -2.36. The second-order valence-electron chi connectivity index (χ2n) is 7.28. The minimum Gasteiger partial charge on any atom is -0.454 e. The summed E-state index contributed by atoms with van der Waals surface area (Å²) in [6.07, 6.45) is 2.03. The molecule has 27 heavy (non-hydrogen) atoms. The van der Waals surface area contributed by atoms with Gasteiger partial charge in [-0.25, -0.2) is 0 Å². The number of carbonyl (C=O) groups is 2. The van der Waals surface area contributed by atoms with Crippen LogP contribution in [0.2, 0.25) is 0 Å². The quantitative estimate of drug-likeness (QED) is 0.726. The number of benzene rings is 1. The fraction of sp³-hybridized carbons (Fsp3) is 0.500. The van der Waals surface area contributed by atoms with Crippen molar-refractivity contribution < 1.29 is 19.1 Å². The van der Waals surface area contributed by atoms with Crippen molar-refractivity contribution in [2.45, 2.75) is 13.0 Å². The molecular formula is C20H25N3O4. The zero-order valence-electron chi connectivity index (χ0n) is 15.4. The molecule has 3 aliphatic heterocycles. The van der Waals surface area contributed by atoms with Gasteiger partial charge in [0.2, 0.25) is 18.6 Å². The molecule has 7 nitrogen and oxygen atoms in total. The van der Waals surface area contributed by atoms with Crippen molar-refractivity contribution in [1.29, 1.82) is 0 Å². The monoisotopic (exact) mass is 371 g/mol. The fourth-order valence-electron chi connectivity index (χ4n) is 3.95. The third kappa shape index (κ3) is 3.78. The first-order chi connectivity index (χ1) is 13.1. The summed E-state index contributed by atoms with van der Waals surface area (Å²) in [4.78, 5) is 30.7. The van der Waals surface area contributed by atoms with Gasteiger partial charge in [0.1, 0.15) is 0 Å². The Labute approximate surface area is 159 Å². The Hall–Kier alpha value is -2.54. The van der Waals surface area contributed by atoms with Crippen LogP contribution in [-0.2, 0) is 16.1 Å². The second kappa shape index (κ2) is 7.60. The minimum atomic E-state index is -0.210. The number of nitrogens with zero attached hydrogens (tertiary/aromatic N) is 3. The molecule has 0 aliphatic carbocycles. The highest BCUT2D eigenvalue weighted by molar-refractivity contribution is 5.89. The standard InChI is InChI=1S/C20H25N3O4/c1-2-5-23-13-16(11-19(23)24)20(25)22-8-6-21(7-9-22)12-15-3-4-17-18(10-15)27-14-26-17/h2-4,10,16H,1,5-9,11-14H2. The summed E-state index contributed by atoms with van der Waals surface area (Å²) in [7, 11) is 0. The molecule has 0 saturated carbocycles. The Morgan fingerprint density at radius 2 is 1.96 bits per heavy atom. The summed E-state index contributed by atoms with van der Waals surface area (Å²) in [5, 5.41) is 0. The van der Waals surface area contributed by atoms with Crippen LogP contribution in [0, 0.1) is 5.92 Å². The number of carbonyl (C=O) groups excluding carboxylic acids is 2. The molecule has 7 heteroatoms. The molecule has 1 atom stereocenters. The maximum atomic E-state index is 12.8. The van der Waals surface area contributed by atoms with E-state index in [1.165, 1.54) is 5.56 Å². The van der Waals surface area contributed by atoms with E-state index in [0.717, 1.165) is 31.1 Å². The summed E-state index contributed by atoms with van der Waals surface area (Å²) in [5.74, 6) is 1.55. The molecular weight excluding hydrogens is 346 g/mol. The molecule has 0 bridgehead atoms. The molecule has 2 amide bonds. The van der Waals surface area contributed by atoms with Crippen LogP contribution in [0.25, 0.3) is 0 Å². The van der Waals surface area contributed by atoms with Gasteiger partial charge in [-0.2, -0.15) is 0 Å². The van der Waals surface area contributed by atoms with Crippen molar-refractivity contribution in [3.05, 3.63) is 36.4 Å². The van der Waals surface area contributed by atoms with E-state index in [9.17, 15) is 9.59 Å². The largest absolute Gasteiger partial charge is 0.454 e. The number of hydrogen-bond donors (Lipinski definition) is 0. The zero-order chi connectivity index (χ0) is 18.8. The molecule has 0 spiro atoms. The Morgan fingerprint density at radius 1 is 1.19 bits per heavy atom. The third-order valence-electron chi connectivity index (χ3n) is 5.44. The second-order valence-corrected chi connectivity index (χ2v) is 7.28. The summed E-state index contributed by atoms with van der Waals surface area (Å²) >= 11 is 0. The van der Waals surface area contributed by atoms with E-state index < -0.39 is 0 Å². The Kier molecular flexibility index (Phi) is 5.03. The van der Waals surface area contributed by atoms with Crippen LogP contribution in [0.4, 0.5) is 0 Å². The predicted molar refractivity (Wildman–Crippen MR) is 99.3 cm³/mol. The smallest absolute Gasteiger partial charge is 0.231 e. The third-order valence-corrected chi connectivity index (χ3v) is 5.44. The van der Waals surface area contributed by atoms with Gasteiger partial charge in [-0.15, -0.1) is 6.58 Å². The van der Waals surface area contributed by atoms with Crippen LogP contribution in [-0.4, -0.2) is 72.6 Å². The molecule has 2 saturated heterocycles. The molecule has 3 aliphatic rings. The Bertz CT molecular complexity index is 743. The molecule has 4 rings (SSSR count). The average molecular weight is 371 g/mol. The molecule has 1 aromatic rings. The molecule has 144 valence electrons. The fourth-order valence-corrected chi connectivity index (χ4v) is 3.95. The van der Waals surface area contributed by atoms with Crippen LogP contribution in [0.5, 0.6) is 11.5 Å². The average Bonchev–Trinajstić information content (AvgIpc) is 3.28. The van der Waals surface area contributed by atoms with Gasteiger partial charge in [-0.3, -0.25) is 14.5 Å². The van der Waals surface area contributed by atoms with Crippen molar-refractivity contribution in [3.63, 3.8) is 0 Å². The van der Waals surface area contributed by atoms with Crippen LogP contribution in [0.3, 0.4) is 0 Å². The molecule has 2 fully saturated rings. The highest BCUT2D eigenvalue weighted by atomic mass is 16.7. The molecule has 1 unspecified atom stereocenters. The predicted octanol–water partition coefficient (Wildman–Crippen LogP) is 1.09. The SMILES string of the molecule is C=CCN1CC(C(=O)N2CCN(Cc3ccc4c(c3)OCO4)CC2)CC1=O. The van der Waals surface area contributed by atoms with Gasteiger partial charge in [0, 0.05) is 52.2 Å². The van der Waals surface area contributed by atoms with Crippen molar-refractivity contribution in [1.82, 2.24) is 14.7 Å². The van der Waals surface area contributed by atoms with Gasteiger partial charge in [-0.1, -0.05) is 12.1 Å². The lowest BCUT2D eigenvalue weighted by Crippen LogP contribution is -2.50. The van der Waals surface area contributed by atoms with Crippen molar-refractivity contribution in [2.24, 2.45) is 5.92 Å². The number of amides is 2. The molecule has 0 radical (unpaired) electrons. The topological polar surface area (TPSA) is 62.3 Å². The summed E-state index contributed by atoms with van der Waals surface area (Å²) in [6, 6.07) is 6.03. The molecule has 0 aromatic heterocycles. The number of rotatable bonds is 5. The highest BCUT2D eigenvalue weighted by Gasteiger charge is 2.36. The van der Waals surface area contributed by atoms with Crippen LogP contribution in [0.1, 0.15) is 12.0 Å². The number of fused-ring (bicyclic) bond motifs is 1. The van der Waals surface area contributed by atoms with E-state index in [4.69, 9.17) is 9.47 Å². The summed E-state index contributed by atoms with van der Waals surface area (Å²) in [5.41, 5.74) is 1.18. The van der Waals surface area contributed by atoms with E-state index in [1.807, 2.05) is 17.0 Å². The number of ether oxygens (including phenoxy) is 2. The lowest BCUT2D eigenvalue weighted by molar-refractivity contribution is -0.137. The maximum Gasteiger partial charge on any atom is 0.231 e. The van der Waals surface area contributed by atoms with Gasteiger partial charge in [0.05, 0.1) is 5.92 Å². The number of piperazine rings is 1. The first-order valence-corrected chi connectivity index (χ1v) is 9.42. The van der Waals surface area contributed by atoms with Crippen LogP contribution in [0.15, 0.2) is 30.9 Å². The maximum absolute atomic E-state index is 12.8. The van der Waals surface area contributed by atoms with Gasteiger partial charge in [0.25, 0.3) is 0 Å². The normalized spacial score (nSPS) is 22.4. The summed E-state index contributed by atoms with van der Waals surface area (Å²) < 4.78 is 10.8. The van der Waals surface area contributed by atoms with Crippen LogP contribution >= 0.6 is 0 Å². The molecule has 3 heterocycles. The van der Waals surface area contributed by atoms with Gasteiger partial charge < -0.3 is 19.3 Å². The van der Waals surface area contributed by atoms with E-state index in [0.29, 0.717) is 32.6 Å². The lowest BCUT2D eigenvalue weighted by atomic mass is 10.1. The van der Waals surface area contributed by atoms with E-state index in [2.05, 4.69) is 17.5 Å². The number of hydrogen-bond acceptors (Lipinski definition) is 5.